The van der Waals surface area contributed by atoms with Crippen LogP contribution in [-0.2, 0) is 4.79 Å². The Balaban J connectivity index is 2.54. The van der Waals surface area contributed by atoms with Gasteiger partial charge in [-0.05, 0) is 32.9 Å². The average molecular weight is 222 g/mol. The van der Waals surface area contributed by atoms with E-state index in [2.05, 4.69) is 10.3 Å². The minimum atomic E-state index is -0.798. The second-order valence-electron chi connectivity index (χ2n) is 4.55. The van der Waals surface area contributed by atoms with Crippen LogP contribution >= 0.6 is 0 Å². The van der Waals surface area contributed by atoms with E-state index in [0.29, 0.717) is 6.54 Å². The fraction of sp³-hybridized carbons (Fsp3) is 0.500. The molecular weight excluding hydrogens is 204 g/mol. The number of aromatic nitrogens is 1. The predicted octanol–water partition coefficient (Wildman–Crippen LogP) is 1.84. The summed E-state index contributed by atoms with van der Waals surface area (Å²) in [5.41, 5.74) is 0.159. The minimum Gasteiger partial charge on any atom is -0.481 e. The molecule has 0 saturated carbocycles. The van der Waals surface area contributed by atoms with Crippen LogP contribution < -0.4 is 5.32 Å². The Kier molecular flexibility index (Phi) is 4.01. The Morgan fingerprint density at radius 1 is 1.56 bits per heavy atom. The molecule has 1 unspecified atom stereocenters. The Morgan fingerprint density at radius 3 is 2.75 bits per heavy atom. The Labute approximate surface area is 95.7 Å². The van der Waals surface area contributed by atoms with Gasteiger partial charge in [0.15, 0.2) is 0 Å². The monoisotopic (exact) mass is 222 g/mol. The molecule has 0 aliphatic heterocycles. The van der Waals surface area contributed by atoms with Crippen molar-refractivity contribution in [3.05, 3.63) is 30.1 Å². The normalized spacial score (nSPS) is 13.4. The third-order valence-electron chi connectivity index (χ3n) is 2.56. The van der Waals surface area contributed by atoms with Crippen molar-refractivity contribution in [1.82, 2.24) is 10.3 Å². The molecule has 0 radical (unpaired) electrons. The maximum absolute atomic E-state index is 10.9. The second kappa shape index (κ2) is 5.07. The van der Waals surface area contributed by atoms with E-state index in [9.17, 15) is 4.79 Å². The van der Waals surface area contributed by atoms with Crippen LogP contribution in [0.25, 0.3) is 0 Å². The van der Waals surface area contributed by atoms with Crippen molar-refractivity contribution in [1.29, 1.82) is 0 Å². The molecule has 0 amide bonds. The van der Waals surface area contributed by atoms with Crippen molar-refractivity contribution < 1.29 is 9.90 Å². The van der Waals surface area contributed by atoms with Gasteiger partial charge >= 0.3 is 5.97 Å². The first-order valence-corrected chi connectivity index (χ1v) is 5.31. The molecule has 4 nitrogen and oxygen atoms in total. The number of carboxylic acids is 1. The summed E-state index contributed by atoms with van der Waals surface area (Å²) in [7, 11) is 0. The van der Waals surface area contributed by atoms with Crippen molar-refractivity contribution in [3.8, 4) is 0 Å². The lowest BCUT2D eigenvalue weighted by Crippen LogP contribution is -2.37. The summed E-state index contributed by atoms with van der Waals surface area (Å²) in [5, 5.41) is 12.1. The largest absolute Gasteiger partial charge is 0.481 e. The highest BCUT2D eigenvalue weighted by Gasteiger charge is 2.27. The van der Waals surface area contributed by atoms with Gasteiger partial charge in [-0.15, -0.1) is 0 Å². The lowest BCUT2D eigenvalue weighted by Gasteiger charge is -2.22. The summed E-state index contributed by atoms with van der Waals surface area (Å²) in [6.07, 6.45) is 1.73. The van der Waals surface area contributed by atoms with E-state index >= 15 is 0 Å². The highest BCUT2D eigenvalue weighted by Crippen LogP contribution is 2.16. The molecule has 0 fully saturated rings. The molecule has 1 aromatic rings. The highest BCUT2D eigenvalue weighted by molar-refractivity contribution is 5.73. The Hall–Kier alpha value is -1.42. The Bertz CT molecular complexity index is 349. The van der Waals surface area contributed by atoms with Crippen LogP contribution in [0.3, 0.4) is 0 Å². The quantitative estimate of drug-likeness (QED) is 0.798. The number of hydrogen-bond acceptors (Lipinski definition) is 3. The van der Waals surface area contributed by atoms with Crippen LogP contribution in [0.15, 0.2) is 24.4 Å². The summed E-state index contributed by atoms with van der Waals surface area (Å²) >= 11 is 0. The molecule has 0 bridgehead atoms. The zero-order valence-electron chi connectivity index (χ0n) is 9.90. The van der Waals surface area contributed by atoms with Crippen LogP contribution in [-0.4, -0.2) is 22.6 Å². The molecule has 0 spiro atoms. The van der Waals surface area contributed by atoms with E-state index in [-0.39, 0.29) is 6.04 Å². The molecule has 1 rings (SSSR count). The van der Waals surface area contributed by atoms with Gasteiger partial charge in [-0.1, -0.05) is 6.07 Å². The van der Waals surface area contributed by atoms with Gasteiger partial charge in [-0.2, -0.15) is 0 Å². The van der Waals surface area contributed by atoms with Gasteiger partial charge in [-0.3, -0.25) is 9.78 Å². The molecule has 0 saturated heterocycles. The summed E-state index contributed by atoms with van der Waals surface area (Å²) in [6.45, 7) is 5.79. The molecule has 16 heavy (non-hydrogen) atoms. The second-order valence-corrected chi connectivity index (χ2v) is 4.55. The molecule has 1 atom stereocenters. The number of aliphatic carboxylic acids is 1. The molecule has 2 N–H and O–H groups in total. The number of nitrogens with zero attached hydrogens (tertiary/aromatic N) is 1. The van der Waals surface area contributed by atoms with Gasteiger partial charge in [-0.25, -0.2) is 0 Å². The first-order valence-electron chi connectivity index (χ1n) is 5.31. The first kappa shape index (κ1) is 12.6. The van der Waals surface area contributed by atoms with E-state index in [1.54, 1.807) is 20.0 Å². The summed E-state index contributed by atoms with van der Waals surface area (Å²) in [4.78, 5) is 15.1. The Morgan fingerprint density at radius 2 is 2.25 bits per heavy atom. The number of pyridine rings is 1. The topological polar surface area (TPSA) is 62.2 Å². The van der Waals surface area contributed by atoms with Crippen LogP contribution in [0.1, 0.15) is 32.5 Å². The lowest BCUT2D eigenvalue weighted by atomic mass is 9.93. The van der Waals surface area contributed by atoms with Crippen LogP contribution in [0.4, 0.5) is 0 Å². The van der Waals surface area contributed by atoms with Crippen molar-refractivity contribution in [2.45, 2.75) is 26.8 Å². The summed E-state index contributed by atoms with van der Waals surface area (Å²) in [6, 6.07) is 5.76. The van der Waals surface area contributed by atoms with E-state index in [1.165, 1.54) is 0 Å². The van der Waals surface area contributed by atoms with E-state index in [1.807, 2.05) is 25.1 Å². The van der Waals surface area contributed by atoms with Gasteiger partial charge in [0.25, 0.3) is 0 Å². The number of rotatable bonds is 5. The third-order valence-corrected chi connectivity index (χ3v) is 2.56. The summed E-state index contributed by atoms with van der Waals surface area (Å²) < 4.78 is 0. The predicted molar refractivity (Wildman–Crippen MR) is 62.1 cm³/mol. The van der Waals surface area contributed by atoms with Gasteiger partial charge in [0.2, 0.25) is 0 Å². The number of hydrogen-bond donors (Lipinski definition) is 2. The average Bonchev–Trinajstić information content (AvgIpc) is 2.27. The smallest absolute Gasteiger partial charge is 0.310 e. The maximum Gasteiger partial charge on any atom is 0.310 e. The molecule has 0 aromatic carbocycles. The molecule has 4 heteroatoms. The first-order chi connectivity index (χ1) is 7.43. The van der Waals surface area contributed by atoms with Crippen LogP contribution in [0, 0.1) is 5.41 Å². The fourth-order valence-corrected chi connectivity index (χ4v) is 1.22. The number of carbonyl (C=O) groups is 1. The molecule has 1 heterocycles. The standard InChI is InChI=1S/C12H18N2O2/c1-9(10-6-4-5-7-13-10)14-8-12(2,3)11(15)16/h4-7,9,14H,8H2,1-3H3,(H,15,16). The van der Waals surface area contributed by atoms with Crippen molar-refractivity contribution in [2.75, 3.05) is 6.54 Å². The van der Waals surface area contributed by atoms with E-state index < -0.39 is 11.4 Å². The molecule has 88 valence electrons. The SMILES string of the molecule is CC(NCC(C)(C)C(=O)O)c1ccccn1. The molecule has 0 aliphatic rings. The molecule has 0 aliphatic carbocycles. The number of nitrogens with one attached hydrogen (secondary N) is 1. The van der Waals surface area contributed by atoms with Gasteiger partial charge in [0, 0.05) is 18.8 Å². The van der Waals surface area contributed by atoms with Crippen LogP contribution in [0.5, 0.6) is 0 Å². The van der Waals surface area contributed by atoms with Gasteiger partial charge in [0.05, 0.1) is 11.1 Å². The van der Waals surface area contributed by atoms with Crippen LogP contribution in [0.2, 0.25) is 0 Å². The zero-order chi connectivity index (χ0) is 12.2. The van der Waals surface area contributed by atoms with E-state index in [0.717, 1.165) is 5.69 Å². The van der Waals surface area contributed by atoms with Crippen molar-refractivity contribution >= 4 is 5.97 Å². The molecule has 1 aromatic heterocycles. The molecular formula is C12H18N2O2. The van der Waals surface area contributed by atoms with Crippen molar-refractivity contribution in [2.24, 2.45) is 5.41 Å². The number of carboxylic acid groups (broad SMARTS) is 1. The maximum atomic E-state index is 10.9. The summed E-state index contributed by atoms with van der Waals surface area (Å²) in [5.74, 6) is -0.798. The van der Waals surface area contributed by atoms with E-state index in [4.69, 9.17) is 5.11 Å². The zero-order valence-corrected chi connectivity index (χ0v) is 9.90. The third kappa shape index (κ3) is 3.31. The lowest BCUT2D eigenvalue weighted by molar-refractivity contribution is -0.146. The fourth-order valence-electron chi connectivity index (χ4n) is 1.22. The van der Waals surface area contributed by atoms with Gasteiger partial charge < -0.3 is 10.4 Å². The minimum absolute atomic E-state index is 0.0554. The van der Waals surface area contributed by atoms with Crippen molar-refractivity contribution in [3.63, 3.8) is 0 Å². The van der Waals surface area contributed by atoms with Gasteiger partial charge in [0.1, 0.15) is 0 Å². The highest BCUT2D eigenvalue weighted by atomic mass is 16.4.